The van der Waals surface area contributed by atoms with Crippen LogP contribution in [-0.4, -0.2) is 60.1 Å². The zero-order valence-electron chi connectivity index (χ0n) is 20.2. The van der Waals surface area contributed by atoms with Gasteiger partial charge in [0.2, 0.25) is 5.91 Å². The fourth-order valence-electron chi connectivity index (χ4n) is 2.79. The van der Waals surface area contributed by atoms with E-state index in [1.54, 1.807) is 59.7 Å². The molecular formula is C23H35Cl2N3O5. The standard InChI is InChI=1S/C23H35Cl2N3O5/c1-22(2,3)32-19(29)15-18(27-21(31)33-23(4,5)6)20(30)26-16-8-7-9-17(14-16)28(12-10-24)13-11-25/h7-9,14,18H,10-13,15H2,1-6H3,(H,26,30)(H,27,31)/t18-/m1/s1. The highest BCUT2D eigenvalue weighted by atomic mass is 35.5. The summed E-state index contributed by atoms with van der Waals surface area (Å²) in [6.45, 7) is 11.5. The maximum Gasteiger partial charge on any atom is 0.408 e. The van der Waals surface area contributed by atoms with E-state index in [2.05, 4.69) is 10.6 Å². The molecule has 0 aliphatic rings. The van der Waals surface area contributed by atoms with Crippen LogP contribution in [0.25, 0.3) is 0 Å². The van der Waals surface area contributed by atoms with Crippen LogP contribution in [0.3, 0.4) is 0 Å². The van der Waals surface area contributed by atoms with Gasteiger partial charge in [0, 0.05) is 36.2 Å². The van der Waals surface area contributed by atoms with Gasteiger partial charge >= 0.3 is 12.1 Å². The fourth-order valence-corrected chi connectivity index (χ4v) is 3.20. The fraction of sp³-hybridized carbons (Fsp3) is 0.609. The first-order valence-electron chi connectivity index (χ1n) is 10.7. The van der Waals surface area contributed by atoms with Crippen LogP contribution in [0.4, 0.5) is 16.2 Å². The van der Waals surface area contributed by atoms with Crippen molar-refractivity contribution in [2.45, 2.75) is 65.2 Å². The lowest BCUT2D eigenvalue weighted by atomic mass is 10.1. The van der Waals surface area contributed by atoms with E-state index in [0.29, 0.717) is 30.5 Å². The third-order valence-corrected chi connectivity index (χ3v) is 4.32. The number of rotatable bonds is 10. The summed E-state index contributed by atoms with van der Waals surface area (Å²) in [4.78, 5) is 39.6. The van der Waals surface area contributed by atoms with E-state index >= 15 is 0 Å². The summed E-state index contributed by atoms with van der Waals surface area (Å²) in [5.74, 6) is -0.357. The Bertz CT molecular complexity index is 770. The number of halogens is 2. The minimum atomic E-state index is -1.19. The average molecular weight is 504 g/mol. The van der Waals surface area contributed by atoms with E-state index in [9.17, 15) is 14.4 Å². The Morgan fingerprint density at radius 1 is 0.970 bits per heavy atom. The van der Waals surface area contributed by atoms with Gasteiger partial charge in [-0.3, -0.25) is 9.59 Å². The number of esters is 1. The molecule has 186 valence electrons. The van der Waals surface area contributed by atoms with Crippen LogP contribution in [0.5, 0.6) is 0 Å². The first-order chi connectivity index (χ1) is 15.2. The highest BCUT2D eigenvalue weighted by Gasteiger charge is 2.29. The number of benzene rings is 1. The zero-order chi connectivity index (χ0) is 25.2. The smallest absolute Gasteiger partial charge is 0.408 e. The lowest BCUT2D eigenvalue weighted by Crippen LogP contribution is -2.47. The van der Waals surface area contributed by atoms with Crippen LogP contribution < -0.4 is 15.5 Å². The van der Waals surface area contributed by atoms with Crippen LogP contribution in [-0.2, 0) is 19.1 Å². The van der Waals surface area contributed by atoms with Gasteiger partial charge in [-0.1, -0.05) is 6.07 Å². The van der Waals surface area contributed by atoms with Crippen molar-refractivity contribution in [1.82, 2.24) is 5.32 Å². The summed E-state index contributed by atoms with van der Waals surface area (Å²) in [5.41, 5.74) is -0.170. The number of carbonyl (C=O) groups excluding carboxylic acids is 3. The van der Waals surface area contributed by atoms with Gasteiger partial charge in [0.15, 0.2) is 0 Å². The van der Waals surface area contributed by atoms with Gasteiger partial charge in [-0.2, -0.15) is 0 Å². The lowest BCUT2D eigenvalue weighted by Gasteiger charge is -2.25. The lowest BCUT2D eigenvalue weighted by molar-refractivity contribution is -0.156. The topological polar surface area (TPSA) is 97.0 Å². The predicted octanol–water partition coefficient (Wildman–Crippen LogP) is 4.53. The van der Waals surface area contributed by atoms with Gasteiger partial charge in [0.25, 0.3) is 0 Å². The molecule has 0 aliphatic carbocycles. The first kappa shape index (κ1) is 28.8. The van der Waals surface area contributed by atoms with E-state index in [-0.39, 0.29) is 6.42 Å². The van der Waals surface area contributed by atoms with Gasteiger partial charge in [-0.05, 0) is 59.7 Å². The van der Waals surface area contributed by atoms with Crippen LogP contribution >= 0.6 is 23.2 Å². The van der Waals surface area contributed by atoms with Crippen LogP contribution in [0, 0.1) is 0 Å². The van der Waals surface area contributed by atoms with E-state index in [1.165, 1.54) is 0 Å². The van der Waals surface area contributed by atoms with Crippen LogP contribution in [0.2, 0.25) is 0 Å². The van der Waals surface area contributed by atoms with Gasteiger partial charge < -0.3 is 25.0 Å². The maximum absolute atomic E-state index is 13.0. The van der Waals surface area contributed by atoms with Crippen molar-refractivity contribution in [3.63, 3.8) is 0 Å². The summed E-state index contributed by atoms with van der Waals surface area (Å²) in [5, 5.41) is 5.22. The summed E-state index contributed by atoms with van der Waals surface area (Å²) in [6, 6.07) is 5.95. The Hall–Kier alpha value is -2.19. The molecule has 2 N–H and O–H groups in total. The summed E-state index contributed by atoms with van der Waals surface area (Å²) in [7, 11) is 0. The average Bonchev–Trinajstić information content (AvgIpc) is 2.64. The Balaban J connectivity index is 3.03. The van der Waals surface area contributed by atoms with Crippen LogP contribution in [0.1, 0.15) is 48.0 Å². The third-order valence-electron chi connectivity index (χ3n) is 3.99. The maximum atomic E-state index is 13.0. The number of alkyl halides is 2. The zero-order valence-corrected chi connectivity index (χ0v) is 21.7. The van der Waals surface area contributed by atoms with Crippen molar-refractivity contribution in [3.8, 4) is 0 Å². The Labute approximate surface area is 206 Å². The molecule has 0 saturated heterocycles. The summed E-state index contributed by atoms with van der Waals surface area (Å²) in [6.07, 6.45) is -1.16. The Morgan fingerprint density at radius 3 is 2.06 bits per heavy atom. The first-order valence-corrected chi connectivity index (χ1v) is 11.8. The molecule has 0 bridgehead atoms. The molecule has 1 aromatic rings. The van der Waals surface area contributed by atoms with Crippen molar-refractivity contribution < 1.29 is 23.9 Å². The number of ether oxygens (including phenoxy) is 2. The molecule has 1 aromatic carbocycles. The molecule has 2 amide bonds. The van der Waals surface area contributed by atoms with E-state index in [4.69, 9.17) is 32.7 Å². The molecule has 0 radical (unpaired) electrons. The number of hydrogen-bond donors (Lipinski definition) is 2. The number of amides is 2. The van der Waals surface area contributed by atoms with Crippen molar-refractivity contribution in [2.24, 2.45) is 0 Å². The van der Waals surface area contributed by atoms with Gasteiger partial charge in [-0.25, -0.2) is 4.79 Å². The second kappa shape index (κ2) is 12.9. The predicted molar refractivity (Wildman–Crippen MR) is 132 cm³/mol. The SMILES string of the molecule is CC(C)(C)OC(=O)C[C@@H](NC(=O)OC(C)(C)C)C(=O)Nc1cccc(N(CCCl)CCCl)c1. The second-order valence-corrected chi connectivity index (χ2v) is 10.1. The van der Waals surface area contributed by atoms with Crippen molar-refractivity contribution in [2.75, 3.05) is 35.1 Å². The van der Waals surface area contributed by atoms with Gasteiger partial charge in [-0.15, -0.1) is 23.2 Å². The third kappa shape index (κ3) is 12.0. The number of carbonyl (C=O) groups is 3. The van der Waals surface area contributed by atoms with Crippen molar-refractivity contribution in [3.05, 3.63) is 24.3 Å². The number of alkyl carbamates (subject to hydrolysis) is 1. The van der Waals surface area contributed by atoms with Crippen molar-refractivity contribution >= 4 is 52.5 Å². The molecule has 1 rings (SSSR count). The molecular weight excluding hydrogens is 469 g/mol. The Morgan fingerprint density at radius 2 is 1.55 bits per heavy atom. The van der Waals surface area contributed by atoms with Crippen molar-refractivity contribution in [1.29, 1.82) is 0 Å². The number of hydrogen-bond acceptors (Lipinski definition) is 6. The number of nitrogens with zero attached hydrogens (tertiary/aromatic N) is 1. The molecule has 0 aliphatic heterocycles. The number of nitrogens with one attached hydrogen (secondary N) is 2. The molecule has 1 atom stereocenters. The quantitative estimate of drug-likeness (QED) is 0.359. The largest absolute Gasteiger partial charge is 0.460 e. The van der Waals surface area contributed by atoms with Gasteiger partial charge in [0.1, 0.15) is 17.2 Å². The second-order valence-electron chi connectivity index (χ2n) is 9.39. The molecule has 0 heterocycles. The molecule has 33 heavy (non-hydrogen) atoms. The normalized spacial score (nSPS) is 12.5. The molecule has 0 spiro atoms. The molecule has 0 fully saturated rings. The molecule has 0 aromatic heterocycles. The Kier molecular flexibility index (Phi) is 11.3. The minimum Gasteiger partial charge on any atom is -0.460 e. The number of anilines is 2. The molecule has 10 heteroatoms. The summed E-state index contributed by atoms with van der Waals surface area (Å²) >= 11 is 11.8. The minimum absolute atomic E-state index is 0.355. The van der Waals surface area contributed by atoms with E-state index in [1.807, 2.05) is 11.0 Å². The monoisotopic (exact) mass is 503 g/mol. The van der Waals surface area contributed by atoms with E-state index in [0.717, 1.165) is 5.69 Å². The highest BCUT2D eigenvalue weighted by Crippen LogP contribution is 2.20. The highest BCUT2D eigenvalue weighted by molar-refractivity contribution is 6.18. The molecule has 0 unspecified atom stereocenters. The van der Waals surface area contributed by atoms with Crippen LogP contribution in [0.15, 0.2) is 24.3 Å². The molecule has 0 saturated carbocycles. The summed E-state index contributed by atoms with van der Waals surface area (Å²) < 4.78 is 10.6. The molecule has 8 nitrogen and oxygen atoms in total. The van der Waals surface area contributed by atoms with Gasteiger partial charge in [0.05, 0.1) is 6.42 Å². The van der Waals surface area contributed by atoms with E-state index < -0.39 is 35.2 Å².